The number of aromatic amines is 2. The van der Waals surface area contributed by atoms with Crippen molar-refractivity contribution in [2.45, 2.75) is 120 Å². The molecule has 1 aliphatic heterocycles. The molecule has 7 aromatic rings. The zero-order valence-corrected chi connectivity index (χ0v) is 47.5. The number of methoxy groups -OCH3 is 1. The number of cyclic esters (lactones) is 1. The van der Waals surface area contributed by atoms with Crippen LogP contribution in [0.3, 0.4) is 0 Å². The molecule has 4 aromatic carbocycles. The van der Waals surface area contributed by atoms with E-state index in [-0.39, 0.29) is 110 Å². The highest BCUT2D eigenvalue weighted by Gasteiger charge is 2.65. The predicted octanol–water partition coefficient (Wildman–Crippen LogP) is 9.40. The number of H-pyrrole nitrogens is 2. The van der Waals surface area contributed by atoms with Gasteiger partial charge < -0.3 is 69.5 Å². The molecule has 0 amide bonds. The number of aliphatic hydroxyl groups is 3. The van der Waals surface area contributed by atoms with Crippen molar-refractivity contribution in [3.63, 3.8) is 0 Å². The summed E-state index contributed by atoms with van der Waals surface area (Å²) in [6.45, 7) is 2.19. The van der Waals surface area contributed by atoms with E-state index in [2.05, 4.69) is 43.8 Å². The fourth-order valence-corrected chi connectivity index (χ4v) is 16.0. The lowest BCUT2D eigenvalue weighted by Gasteiger charge is -2.58. The second-order valence-corrected chi connectivity index (χ2v) is 24.5. The van der Waals surface area contributed by atoms with Gasteiger partial charge in [0, 0.05) is 72.0 Å². The minimum atomic E-state index is -0.846. The first-order valence-corrected chi connectivity index (χ1v) is 29.6. The van der Waals surface area contributed by atoms with Gasteiger partial charge in [0.05, 0.1) is 48.3 Å². The number of fused-ring (bicyclic) bond motifs is 10. The molecule has 4 aliphatic carbocycles. The van der Waals surface area contributed by atoms with Crippen LogP contribution in [0.2, 0.25) is 0 Å². The quantitative estimate of drug-likeness (QED) is 0.0280. The van der Waals surface area contributed by atoms with Gasteiger partial charge in [0.25, 0.3) is 0 Å². The number of nitrogens with zero attached hydrogens (tertiary/aromatic N) is 1. The number of esters is 1. The van der Waals surface area contributed by atoms with Crippen LogP contribution in [0.1, 0.15) is 105 Å². The van der Waals surface area contributed by atoms with Crippen LogP contribution in [0.25, 0.3) is 38.8 Å². The molecule has 0 unspecified atom stereocenters. The molecule has 3 saturated carbocycles. The number of para-hydroxylation sites is 1. The molecule has 16 nitrogen and oxygen atoms in total. The molecular formula is C68H74N4O12. The maximum absolute atomic E-state index is 15.5. The topological polar surface area (TPSA) is 249 Å². The second-order valence-electron chi connectivity index (χ2n) is 24.5. The first-order chi connectivity index (χ1) is 40.7. The average molecular weight is 1140 g/mol. The monoisotopic (exact) mass is 1140 g/mol. The number of carbonyl (C=O) groups is 3. The highest BCUT2D eigenvalue weighted by atomic mass is 16.5. The Morgan fingerprint density at radius 1 is 0.929 bits per heavy atom. The SMILES string of the molecule is COc1cc2c(cc1O)C1=C[C@H]3C[C@@]4(C[C@](Cn5c(-c6cccc(O)c6)cc6[nH]ccc65)(NC[C@H](C)O)C[C@H]4C=O)[C@H]4C[C@@H](O)CC[C@@H]4[C@H]3[C@@H]2CC(=O)C[C@@H](CCc2ccc(O)c(OCCO)c2)OC(=O)CC#CCc2c1[nH]c1ccccc21. The molecule has 3 fully saturated rings. The van der Waals surface area contributed by atoms with Crippen molar-refractivity contribution < 1.29 is 59.2 Å². The van der Waals surface area contributed by atoms with Crippen molar-refractivity contribution in [3.8, 4) is 51.8 Å². The maximum Gasteiger partial charge on any atom is 0.318 e. The number of Topliss-reactive ketones (excluding diaryl/α,β-unsaturated/α-hetero) is 1. The number of rotatable bonds is 14. The molecule has 9 N–H and O–H groups in total. The van der Waals surface area contributed by atoms with E-state index in [9.17, 15) is 40.2 Å². The zero-order valence-electron chi connectivity index (χ0n) is 47.5. The minimum Gasteiger partial charge on any atom is -0.508 e. The van der Waals surface area contributed by atoms with E-state index in [0.717, 1.165) is 73.0 Å². The number of ether oxygens (including phenoxy) is 3. The van der Waals surface area contributed by atoms with Crippen molar-refractivity contribution in [2.24, 2.45) is 35.0 Å². The molecular weight excluding hydrogens is 1060 g/mol. The molecule has 438 valence electrons. The summed E-state index contributed by atoms with van der Waals surface area (Å²) in [5, 5.41) is 70.6. The molecule has 0 radical (unpaired) electrons. The van der Waals surface area contributed by atoms with Gasteiger partial charge in [0.2, 0.25) is 0 Å². The third kappa shape index (κ3) is 10.8. The number of allylic oxidation sites excluding steroid dienone is 1. The summed E-state index contributed by atoms with van der Waals surface area (Å²) >= 11 is 0. The average Bonchev–Trinajstić information content (AvgIpc) is 1.93. The predicted molar refractivity (Wildman–Crippen MR) is 317 cm³/mol. The lowest BCUT2D eigenvalue weighted by Crippen LogP contribution is -2.55. The maximum atomic E-state index is 15.5. The summed E-state index contributed by atoms with van der Waals surface area (Å²) < 4.78 is 20.0. The number of benzene rings is 4. The van der Waals surface area contributed by atoms with Gasteiger partial charge >= 0.3 is 5.97 Å². The fraction of sp³-hybridized carbons (Fsp3) is 0.426. The van der Waals surface area contributed by atoms with E-state index in [1.54, 1.807) is 37.3 Å². The minimum absolute atomic E-state index is 0.0128. The van der Waals surface area contributed by atoms with Crippen molar-refractivity contribution in [1.29, 1.82) is 0 Å². The fourth-order valence-electron chi connectivity index (χ4n) is 16.0. The van der Waals surface area contributed by atoms with Gasteiger partial charge in [-0.15, -0.1) is 0 Å². The first kappa shape index (κ1) is 56.7. The largest absolute Gasteiger partial charge is 0.508 e. The van der Waals surface area contributed by atoms with Gasteiger partial charge in [-0.05, 0) is 170 Å². The molecule has 4 heterocycles. The van der Waals surface area contributed by atoms with Crippen LogP contribution in [0.4, 0.5) is 0 Å². The number of phenols is 3. The van der Waals surface area contributed by atoms with E-state index >= 15 is 4.79 Å². The Hall–Kier alpha value is -7.81. The number of aryl methyl sites for hydroxylation is 1. The Bertz CT molecular complexity index is 3730. The molecule has 16 heteroatoms. The Labute approximate surface area is 487 Å². The smallest absolute Gasteiger partial charge is 0.318 e. The Morgan fingerprint density at radius 3 is 2.58 bits per heavy atom. The van der Waals surface area contributed by atoms with Gasteiger partial charge in [0.15, 0.2) is 23.0 Å². The highest BCUT2D eigenvalue weighted by Crippen LogP contribution is 2.69. The molecule has 5 aliphatic rings. The number of ketones is 1. The van der Waals surface area contributed by atoms with Crippen molar-refractivity contribution in [1.82, 2.24) is 19.9 Å². The number of β-amino-alcohol motifs (C(OH)–C–C–N with tert-alkyl or cyclic N) is 1. The summed E-state index contributed by atoms with van der Waals surface area (Å²) in [6.07, 6.45) is 6.92. The van der Waals surface area contributed by atoms with E-state index in [4.69, 9.17) is 14.2 Å². The third-order valence-electron chi connectivity index (χ3n) is 19.3. The number of aliphatic hydroxyl groups excluding tert-OH is 3. The highest BCUT2D eigenvalue weighted by molar-refractivity contribution is 5.94. The van der Waals surface area contributed by atoms with E-state index in [1.807, 2.05) is 54.7 Å². The number of aromatic nitrogens is 3. The first-order valence-electron chi connectivity index (χ1n) is 29.6. The Kier molecular flexibility index (Phi) is 15.7. The van der Waals surface area contributed by atoms with E-state index in [0.29, 0.717) is 51.5 Å². The number of phenolic OH excluding ortho intramolecular Hbond substituents is 3. The lowest BCUT2D eigenvalue weighted by atomic mass is 9.46. The number of nitrogens with one attached hydrogen (secondary N) is 3. The molecule has 2 bridgehead atoms. The van der Waals surface area contributed by atoms with Crippen molar-refractivity contribution >= 4 is 45.5 Å². The van der Waals surface area contributed by atoms with E-state index < -0.39 is 47.1 Å². The van der Waals surface area contributed by atoms with Crippen LogP contribution in [-0.2, 0) is 38.5 Å². The van der Waals surface area contributed by atoms with Crippen LogP contribution < -0.4 is 14.8 Å². The van der Waals surface area contributed by atoms with E-state index in [1.165, 1.54) is 13.2 Å². The second kappa shape index (κ2) is 23.3. The number of hydrogen-bond acceptors (Lipinski definition) is 13. The molecule has 3 aromatic heterocycles. The van der Waals surface area contributed by atoms with Gasteiger partial charge in [-0.25, -0.2) is 0 Å². The summed E-state index contributed by atoms with van der Waals surface area (Å²) in [6, 6.07) is 27.9. The number of aldehydes is 1. The molecule has 1 spiro atoms. The Balaban J connectivity index is 1.02. The number of aromatic hydroxyl groups is 3. The lowest BCUT2D eigenvalue weighted by molar-refractivity contribution is -0.149. The molecule has 12 rings (SSSR count). The van der Waals surface area contributed by atoms with Gasteiger partial charge in [-0.3, -0.25) is 9.59 Å². The number of hydrogen-bond donors (Lipinski definition) is 9. The normalized spacial score (nSPS) is 27.2. The zero-order chi connectivity index (χ0) is 58.4. The summed E-state index contributed by atoms with van der Waals surface area (Å²) in [7, 11) is 1.52. The van der Waals surface area contributed by atoms with Gasteiger partial charge in [-0.1, -0.05) is 54.3 Å². The van der Waals surface area contributed by atoms with Gasteiger partial charge in [-0.2, -0.15) is 0 Å². The summed E-state index contributed by atoms with van der Waals surface area (Å²) in [4.78, 5) is 50.9. The van der Waals surface area contributed by atoms with Crippen molar-refractivity contribution in [3.05, 3.63) is 131 Å². The molecule has 84 heavy (non-hydrogen) atoms. The van der Waals surface area contributed by atoms with Crippen LogP contribution in [0.5, 0.6) is 28.7 Å². The standard InChI is InChI=1S/C68H74N4O12/c1-39(75)35-70-67(38-72-58-20-21-69-57(58)32-59(72)41-8-7-9-44(76)25-41)34-43(36-74)68(37-67)33-42-26-54-51-30-61(80)62(82-2)31-52(51)53(65(42)50-18-16-45(77)29-55(50)68)28-46(78)27-47(17-14-40-15-19-60(79)63(24-40)83-23-22-73)84-64(81)13-6-4-11-49-48-10-3-5-12-56(48)71-66(49)54/h3,5,7-10,12,15,19-21,24-26,30-32,36,39,42-43,45,47,50,53,55,65,69-71,73,75-77,79-80H,11,13-14,16-18,22-23,27-29,33-35,37-38H2,1-2H3/t39-,42-,43-,45-,47+,50-,53+,55-,65-,67+,68-/m0/s1. The van der Waals surface area contributed by atoms with Crippen molar-refractivity contribution in [2.75, 3.05) is 26.9 Å². The van der Waals surface area contributed by atoms with Crippen LogP contribution >= 0.6 is 0 Å². The summed E-state index contributed by atoms with van der Waals surface area (Å²) in [5.74, 6) is 4.36. The van der Waals surface area contributed by atoms with Crippen LogP contribution in [0.15, 0.2) is 103 Å². The summed E-state index contributed by atoms with van der Waals surface area (Å²) in [5.41, 5.74) is 7.82. The van der Waals surface area contributed by atoms with Gasteiger partial charge in [0.1, 0.15) is 37.0 Å². The van der Waals surface area contributed by atoms with Crippen LogP contribution in [-0.4, -0.2) is 114 Å². The molecule has 0 saturated heterocycles. The number of carbonyl (C=O) groups excluding carboxylic acids is 3. The molecule has 11 atom stereocenters. The third-order valence-corrected chi connectivity index (χ3v) is 19.3. The van der Waals surface area contributed by atoms with Crippen LogP contribution in [0, 0.1) is 46.8 Å². The Morgan fingerprint density at radius 2 is 1.77 bits per heavy atom.